The first-order valence-corrected chi connectivity index (χ1v) is 8.52. The molecule has 5 rings (SSSR count). The number of fused-ring (bicyclic) bond motifs is 12. The van der Waals surface area contributed by atoms with Crippen molar-refractivity contribution in [1.82, 2.24) is 0 Å². The monoisotopic (exact) mass is 378 g/mol. The summed E-state index contributed by atoms with van der Waals surface area (Å²) in [5.41, 5.74) is 0. The molecule has 0 aromatic heterocycles. The first-order valence-electron chi connectivity index (χ1n) is 6.25. The van der Waals surface area contributed by atoms with Crippen LogP contribution in [0.3, 0.4) is 0 Å². The fourth-order valence-corrected chi connectivity index (χ4v) is 8.43. The summed E-state index contributed by atoms with van der Waals surface area (Å²) < 4.78 is 4.35. The van der Waals surface area contributed by atoms with Crippen LogP contribution in [-0.4, -0.2) is 26.3 Å². The highest BCUT2D eigenvalue weighted by Crippen LogP contribution is 2.84. The Hall–Kier alpha value is 1.44. The number of ether oxygens (including phenoxy) is 1. The van der Waals surface area contributed by atoms with E-state index < -0.39 is 14.1 Å². The molecule has 0 radical (unpaired) electrons. The largest absolute Gasteiger partial charge is 0.369 e. The van der Waals surface area contributed by atoms with E-state index >= 15 is 0 Å². The molecule has 7 heteroatoms. The zero-order valence-electron chi connectivity index (χ0n) is 9.35. The fraction of sp³-hybridized carbons (Fsp3) is 0.833. The molecule has 3 saturated carbocycles. The summed E-state index contributed by atoms with van der Waals surface area (Å²) in [4.78, 5) is -2.17. The topological polar surface area (TPSA) is 12.5 Å². The van der Waals surface area contributed by atoms with E-state index in [0.29, 0.717) is 21.9 Å². The van der Waals surface area contributed by atoms with Crippen LogP contribution in [0.5, 0.6) is 0 Å². The molecule has 0 aromatic carbocycles. The molecule has 1 nitrogen and oxygen atoms in total. The maximum absolute atomic E-state index is 6.82. The van der Waals surface area contributed by atoms with Gasteiger partial charge in [-0.25, -0.2) is 0 Å². The summed E-state index contributed by atoms with van der Waals surface area (Å²) in [5, 5.41) is 0.642. The number of hydrogen-bond acceptors (Lipinski definition) is 1. The zero-order chi connectivity index (χ0) is 13.5. The number of rotatable bonds is 0. The van der Waals surface area contributed by atoms with Gasteiger partial charge in [-0.15, -0.1) is 23.2 Å². The molecule has 0 unspecified atom stereocenters. The van der Waals surface area contributed by atoms with Gasteiger partial charge in [0.15, 0.2) is 4.33 Å². The van der Waals surface area contributed by atoms with Gasteiger partial charge in [0.1, 0.15) is 9.75 Å². The van der Waals surface area contributed by atoms with Crippen LogP contribution in [0.25, 0.3) is 0 Å². The van der Waals surface area contributed by atoms with Crippen molar-refractivity contribution in [3.63, 3.8) is 0 Å². The van der Waals surface area contributed by atoms with Crippen molar-refractivity contribution in [3.05, 3.63) is 10.1 Å². The van der Waals surface area contributed by atoms with E-state index in [0.717, 1.165) is 6.42 Å². The van der Waals surface area contributed by atoms with Crippen LogP contribution < -0.4 is 0 Å². The van der Waals surface area contributed by atoms with Crippen LogP contribution in [0.15, 0.2) is 10.1 Å². The second kappa shape index (κ2) is 3.20. The minimum Gasteiger partial charge on any atom is -0.369 e. The van der Waals surface area contributed by atoms with E-state index in [2.05, 4.69) is 0 Å². The Bertz CT molecular complexity index is 516. The molecular formula is C12H8Cl6O. The van der Waals surface area contributed by atoms with E-state index in [-0.39, 0.29) is 24.0 Å². The minimum absolute atomic E-state index is 0.0467. The van der Waals surface area contributed by atoms with Gasteiger partial charge in [0.2, 0.25) is 0 Å². The zero-order valence-corrected chi connectivity index (χ0v) is 13.9. The molecule has 8 atom stereocenters. The van der Waals surface area contributed by atoms with Gasteiger partial charge >= 0.3 is 0 Å². The van der Waals surface area contributed by atoms with Crippen molar-refractivity contribution in [2.45, 2.75) is 32.7 Å². The van der Waals surface area contributed by atoms with E-state index in [1.54, 1.807) is 0 Å². The van der Waals surface area contributed by atoms with Gasteiger partial charge in [0, 0.05) is 0 Å². The van der Waals surface area contributed by atoms with Gasteiger partial charge in [0.05, 0.1) is 22.3 Å². The number of hydrogen-bond donors (Lipinski definition) is 0. The predicted octanol–water partition coefficient (Wildman–Crippen LogP) is 4.48. The minimum atomic E-state index is -1.37. The molecule has 4 aliphatic carbocycles. The average Bonchev–Trinajstić information content (AvgIpc) is 2.91. The number of alkyl halides is 4. The normalized spacial score (nSPS) is 66.6. The molecule has 0 amide bonds. The van der Waals surface area contributed by atoms with Crippen LogP contribution in [-0.2, 0) is 4.74 Å². The predicted molar refractivity (Wildman–Crippen MR) is 77.6 cm³/mol. The highest BCUT2D eigenvalue weighted by Gasteiger charge is 2.89. The van der Waals surface area contributed by atoms with E-state index in [1.807, 2.05) is 0 Å². The molecule has 0 spiro atoms. The van der Waals surface area contributed by atoms with Crippen molar-refractivity contribution < 1.29 is 4.74 Å². The third-order valence-electron chi connectivity index (χ3n) is 5.92. The lowest BCUT2D eigenvalue weighted by atomic mass is 9.73. The molecule has 4 fully saturated rings. The first kappa shape index (κ1) is 12.9. The highest BCUT2D eigenvalue weighted by atomic mass is 35.5. The third-order valence-corrected chi connectivity index (χ3v) is 10.2. The fourth-order valence-electron chi connectivity index (χ4n) is 5.30. The summed E-state index contributed by atoms with van der Waals surface area (Å²) >= 11 is 39.5. The molecule has 1 saturated heterocycles. The second-order valence-electron chi connectivity index (χ2n) is 6.31. The van der Waals surface area contributed by atoms with Crippen molar-refractivity contribution in [2.75, 3.05) is 0 Å². The van der Waals surface area contributed by atoms with Gasteiger partial charge in [-0.05, 0) is 30.1 Å². The van der Waals surface area contributed by atoms with Gasteiger partial charge in [-0.2, -0.15) is 0 Å². The average molecular weight is 381 g/mol. The third kappa shape index (κ3) is 0.986. The molecule has 0 N–H and O–H groups in total. The molecular weight excluding hydrogens is 373 g/mol. The van der Waals surface area contributed by atoms with Crippen LogP contribution in [0.4, 0.5) is 0 Å². The Balaban J connectivity index is 1.80. The van der Waals surface area contributed by atoms with Crippen LogP contribution in [0, 0.1) is 23.7 Å². The van der Waals surface area contributed by atoms with Crippen molar-refractivity contribution in [1.29, 1.82) is 0 Å². The van der Waals surface area contributed by atoms with Crippen LogP contribution in [0.2, 0.25) is 0 Å². The number of epoxide rings is 1. The summed E-state index contributed by atoms with van der Waals surface area (Å²) in [5.74, 6) is 0.776. The maximum atomic E-state index is 6.82. The maximum Gasteiger partial charge on any atom is 0.166 e. The molecule has 104 valence electrons. The SMILES string of the molecule is ClC1=C(Cl)[C@@]2(Cl)[C@H]3[C@H]4C[C@@H]([C@H]5O[C@@H]45)[C@H]3[C@@]1(Cl)C2(Cl)Cl. The van der Waals surface area contributed by atoms with E-state index in [1.165, 1.54) is 0 Å². The lowest BCUT2D eigenvalue weighted by Crippen LogP contribution is -2.46. The molecule has 19 heavy (non-hydrogen) atoms. The van der Waals surface area contributed by atoms with Crippen LogP contribution in [0.1, 0.15) is 6.42 Å². The van der Waals surface area contributed by atoms with E-state index in [4.69, 9.17) is 74.3 Å². The Morgan fingerprint density at radius 2 is 1.26 bits per heavy atom. The Morgan fingerprint density at radius 3 is 1.68 bits per heavy atom. The Labute approximate surface area is 140 Å². The molecule has 1 aliphatic heterocycles. The number of allylic oxidation sites excluding steroid dienone is 2. The van der Waals surface area contributed by atoms with Gasteiger partial charge < -0.3 is 4.74 Å². The molecule has 0 aromatic rings. The van der Waals surface area contributed by atoms with Crippen LogP contribution >= 0.6 is 69.6 Å². The summed E-state index contributed by atoms with van der Waals surface area (Å²) in [6, 6.07) is 0. The summed E-state index contributed by atoms with van der Waals surface area (Å²) in [6.45, 7) is 0. The Kier molecular flexibility index (Phi) is 2.18. The second-order valence-corrected chi connectivity index (χ2v) is 9.58. The lowest BCUT2D eigenvalue weighted by Gasteiger charge is -2.38. The quantitative estimate of drug-likeness (QED) is 0.343. The van der Waals surface area contributed by atoms with Crippen molar-refractivity contribution in [2.24, 2.45) is 23.7 Å². The van der Waals surface area contributed by atoms with Crippen molar-refractivity contribution in [3.8, 4) is 0 Å². The van der Waals surface area contributed by atoms with Gasteiger partial charge in [-0.3, -0.25) is 0 Å². The lowest BCUT2D eigenvalue weighted by molar-refractivity contribution is 0.237. The summed E-state index contributed by atoms with van der Waals surface area (Å²) in [7, 11) is 0. The first-order chi connectivity index (χ1) is 8.78. The molecule has 1 heterocycles. The van der Waals surface area contributed by atoms with Crippen molar-refractivity contribution >= 4 is 69.6 Å². The number of halogens is 6. The molecule has 4 bridgehead atoms. The molecule has 5 aliphatic rings. The highest BCUT2D eigenvalue weighted by molar-refractivity contribution is 6.65. The smallest absolute Gasteiger partial charge is 0.166 e. The Morgan fingerprint density at radius 1 is 0.842 bits per heavy atom. The van der Waals surface area contributed by atoms with Gasteiger partial charge in [0.25, 0.3) is 0 Å². The summed E-state index contributed by atoms with van der Waals surface area (Å²) in [6.07, 6.45) is 1.63. The standard InChI is InChI=1S/C12H8Cl6O/c13-8-9(14)11(16)5-3-1-2(6-7(3)19-6)4(5)10(8,15)12(11,17)18/h2-7H,1H2/t2-,3-,4-,5+,6-,7+,10+,11+/m1/s1. The van der Waals surface area contributed by atoms with Gasteiger partial charge in [-0.1, -0.05) is 46.4 Å². The van der Waals surface area contributed by atoms with E-state index in [9.17, 15) is 0 Å².